The Bertz CT molecular complexity index is 1390. The van der Waals surface area contributed by atoms with Crippen LogP contribution in [0.3, 0.4) is 0 Å². The van der Waals surface area contributed by atoms with Gasteiger partial charge in [-0.05, 0) is 68.0 Å². The summed E-state index contributed by atoms with van der Waals surface area (Å²) in [6.45, 7) is 5.68. The highest BCUT2D eigenvalue weighted by atomic mass is 35.5. The Morgan fingerprint density at radius 2 is 1.97 bits per heavy atom. The SMILES string of the molecule is Cc1ccc(Cl)c2c1cc(C)n2CCNc1cc(-c2ccc(C(=O)S)c(C3CCC3)c2)ncn1. The number of nitrogens with zero attached hydrogens (tertiary/aromatic N) is 3. The van der Waals surface area contributed by atoms with Crippen LogP contribution in [0.25, 0.3) is 22.2 Å². The van der Waals surface area contributed by atoms with Gasteiger partial charge in [0.2, 0.25) is 5.12 Å². The van der Waals surface area contributed by atoms with Crippen LogP contribution >= 0.6 is 24.2 Å². The number of benzene rings is 2. The molecule has 0 radical (unpaired) electrons. The smallest absolute Gasteiger partial charge is 0.216 e. The Morgan fingerprint density at radius 1 is 1.15 bits per heavy atom. The van der Waals surface area contributed by atoms with E-state index in [-0.39, 0.29) is 5.12 Å². The van der Waals surface area contributed by atoms with Crippen molar-refractivity contribution in [1.82, 2.24) is 14.5 Å². The monoisotopic (exact) mass is 490 g/mol. The lowest BCUT2D eigenvalue weighted by Crippen LogP contribution is -2.13. The van der Waals surface area contributed by atoms with E-state index in [4.69, 9.17) is 11.6 Å². The molecule has 1 saturated carbocycles. The summed E-state index contributed by atoms with van der Waals surface area (Å²) in [4.78, 5) is 20.9. The van der Waals surface area contributed by atoms with Gasteiger partial charge in [0.15, 0.2) is 0 Å². The van der Waals surface area contributed by atoms with Gasteiger partial charge in [0.25, 0.3) is 0 Å². The topological polar surface area (TPSA) is 59.8 Å². The highest BCUT2D eigenvalue weighted by Gasteiger charge is 2.24. The predicted octanol–water partition coefficient (Wildman–Crippen LogP) is 6.82. The van der Waals surface area contributed by atoms with E-state index in [2.05, 4.69) is 64.5 Å². The van der Waals surface area contributed by atoms with Crippen LogP contribution in [-0.4, -0.2) is 26.2 Å². The second-order valence-electron chi connectivity index (χ2n) is 9.01. The first-order valence-electron chi connectivity index (χ1n) is 11.6. The standard InChI is InChI=1S/C27H27ClN4OS/c1-16-6-9-23(28)26-21(16)12-17(2)32(26)11-10-29-25-14-24(30-15-31-25)19-7-8-20(27(33)34)22(13-19)18-4-3-5-18/h6-9,12-15,18H,3-5,10-11H2,1-2H3,(H,33,34)(H,29,30,31). The molecule has 0 spiro atoms. The second kappa shape index (κ2) is 9.43. The predicted molar refractivity (Wildman–Crippen MR) is 142 cm³/mol. The van der Waals surface area contributed by atoms with Crippen LogP contribution in [0.1, 0.15) is 52.4 Å². The Hall–Kier alpha value is -2.83. The fourth-order valence-electron chi connectivity index (χ4n) is 4.77. The zero-order chi connectivity index (χ0) is 23.8. The third-order valence-electron chi connectivity index (χ3n) is 6.87. The highest BCUT2D eigenvalue weighted by molar-refractivity contribution is 7.97. The van der Waals surface area contributed by atoms with Crippen molar-refractivity contribution in [2.75, 3.05) is 11.9 Å². The molecule has 0 saturated heterocycles. The third kappa shape index (κ3) is 4.32. The van der Waals surface area contributed by atoms with Gasteiger partial charge >= 0.3 is 0 Å². The maximum atomic E-state index is 12.0. The first-order chi connectivity index (χ1) is 16.4. The first kappa shape index (κ1) is 22.9. The number of rotatable bonds is 7. The zero-order valence-corrected chi connectivity index (χ0v) is 21.0. The Kier molecular flexibility index (Phi) is 6.36. The molecule has 0 aliphatic heterocycles. The van der Waals surface area contributed by atoms with E-state index >= 15 is 0 Å². The van der Waals surface area contributed by atoms with Crippen LogP contribution in [0.5, 0.6) is 0 Å². The summed E-state index contributed by atoms with van der Waals surface area (Å²) in [5, 5.41) is 5.21. The van der Waals surface area contributed by atoms with Crippen molar-refractivity contribution in [3.63, 3.8) is 0 Å². The zero-order valence-electron chi connectivity index (χ0n) is 19.3. The molecule has 0 amide bonds. The van der Waals surface area contributed by atoms with Crippen molar-refractivity contribution in [3.05, 3.63) is 76.2 Å². The molecule has 1 aliphatic carbocycles. The molecule has 4 aromatic rings. The molecule has 2 heterocycles. The number of anilines is 1. The van der Waals surface area contributed by atoms with Crippen LogP contribution in [-0.2, 0) is 6.54 Å². The van der Waals surface area contributed by atoms with Crippen LogP contribution in [0.15, 0.2) is 48.8 Å². The maximum Gasteiger partial charge on any atom is 0.216 e. The highest BCUT2D eigenvalue weighted by Crippen LogP contribution is 2.40. The number of thiol groups is 1. The molecule has 174 valence electrons. The number of aromatic nitrogens is 3. The molecule has 5 rings (SSSR count). The van der Waals surface area contributed by atoms with E-state index in [1.54, 1.807) is 6.33 Å². The average Bonchev–Trinajstić information content (AvgIpc) is 3.12. The van der Waals surface area contributed by atoms with Gasteiger partial charge in [0.05, 0.1) is 16.2 Å². The lowest BCUT2D eigenvalue weighted by atomic mass is 9.77. The Morgan fingerprint density at radius 3 is 2.71 bits per heavy atom. The fraction of sp³-hybridized carbons (Fsp3) is 0.296. The van der Waals surface area contributed by atoms with Crippen molar-refractivity contribution in [2.24, 2.45) is 0 Å². The summed E-state index contributed by atoms with van der Waals surface area (Å²) in [5.74, 6) is 1.20. The van der Waals surface area contributed by atoms with Crippen LogP contribution in [0.4, 0.5) is 5.82 Å². The van der Waals surface area contributed by atoms with Crippen molar-refractivity contribution < 1.29 is 4.79 Å². The molecule has 0 unspecified atom stereocenters. The number of fused-ring (bicyclic) bond motifs is 1. The van der Waals surface area contributed by atoms with Crippen molar-refractivity contribution >= 4 is 46.1 Å². The van der Waals surface area contributed by atoms with Crippen LogP contribution < -0.4 is 5.32 Å². The molecular formula is C27H27ClN4OS. The molecule has 0 atom stereocenters. The van der Waals surface area contributed by atoms with Gasteiger partial charge < -0.3 is 9.88 Å². The number of carbonyl (C=O) groups is 1. The Labute approximate surface area is 210 Å². The van der Waals surface area contributed by atoms with Gasteiger partial charge in [-0.3, -0.25) is 4.79 Å². The summed E-state index contributed by atoms with van der Waals surface area (Å²) >= 11 is 10.6. The Balaban J connectivity index is 1.35. The van der Waals surface area contributed by atoms with E-state index in [0.29, 0.717) is 18.0 Å². The minimum absolute atomic E-state index is 0.179. The summed E-state index contributed by atoms with van der Waals surface area (Å²) in [6, 6.07) is 14.1. The number of nitrogens with one attached hydrogen (secondary N) is 1. The minimum atomic E-state index is -0.179. The van der Waals surface area contributed by atoms with Crippen LogP contribution in [0.2, 0.25) is 5.02 Å². The summed E-state index contributed by atoms with van der Waals surface area (Å²) in [7, 11) is 0. The third-order valence-corrected chi connectivity index (χ3v) is 7.41. The van der Waals surface area contributed by atoms with Gasteiger partial charge in [0.1, 0.15) is 12.1 Å². The molecule has 2 aromatic heterocycles. The lowest BCUT2D eigenvalue weighted by molar-refractivity contribution is 0.108. The van der Waals surface area contributed by atoms with Gasteiger partial charge in [0, 0.05) is 41.4 Å². The van der Waals surface area contributed by atoms with E-state index in [9.17, 15) is 4.79 Å². The van der Waals surface area contributed by atoms with Gasteiger partial charge in [-0.25, -0.2) is 9.97 Å². The minimum Gasteiger partial charge on any atom is -0.368 e. The van der Waals surface area contributed by atoms with E-state index in [0.717, 1.165) is 52.6 Å². The molecule has 7 heteroatoms. The summed E-state index contributed by atoms with van der Waals surface area (Å²) < 4.78 is 2.25. The van der Waals surface area contributed by atoms with E-state index in [1.807, 2.05) is 24.3 Å². The molecule has 1 fully saturated rings. The molecule has 1 N–H and O–H groups in total. The fourth-order valence-corrected chi connectivity index (χ4v) is 5.24. The average molecular weight is 491 g/mol. The molecule has 0 bridgehead atoms. The number of carbonyl (C=O) groups excluding carboxylic acids is 1. The summed E-state index contributed by atoms with van der Waals surface area (Å²) in [5.41, 5.74) is 7.08. The molecule has 34 heavy (non-hydrogen) atoms. The first-order valence-corrected chi connectivity index (χ1v) is 12.4. The van der Waals surface area contributed by atoms with E-state index < -0.39 is 0 Å². The van der Waals surface area contributed by atoms with Crippen LogP contribution in [0, 0.1) is 13.8 Å². The molecule has 5 nitrogen and oxygen atoms in total. The van der Waals surface area contributed by atoms with Gasteiger partial charge in [-0.2, -0.15) is 0 Å². The van der Waals surface area contributed by atoms with Gasteiger partial charge in [-0.15, -0.1) is 12.6 Å². The lowest BCUT2D eigenvalue weighted by Gasteiger charge is -2.27. The molecule has 2 aromatic carbocycles. The maximum absolute atomic E-state index is 12.0. The number of hydrogen-bond acceptors (Lipinski definition) is 4. The number of aryl methyl sites for hydroxylation is 2. The number of hydrogen-bond donors (Lipinski definition) is 2. The number of halogens is 1. The van der Waals surface area contributed by atoms with Crippen molar-refractivity contribution in [3.8, 4) is 11.3 Å². The normalized spacial score (nSPS) is 13.8. The summed E-state index contributed by atoms with van der Waals surface area (Å²) in [6.07, 6.45) is 5.02. The van der Waals surface area contributed by atoms with E-state index in [1.165, 1.54) is 23.1 Å². The quantitative estimate of drug-likeness (QED) is 0.279. The van der Waals surface area contributed by atoms with Crippen molar-refractivity contribution in [1.29, 1.82) is 0 Å². The molecule has 1 aliphatic rings. The van der Waals surface area contributed by atoms with Gasteiger partial charge in [-0.1, -0.05) is 30.2 Å². The largest absolute Gasteiger partial charge is 0.368 e. The van der Waals surface area contributed by atoms with Crippen molar-refractivity contribution in [2.45, 2.75) is 45.6 Å². The molecular weight excluding hydrogens is 464 g/mol. The second-order valence-corrected chi connectivity index (χ2v) is 9.83.